The van der Waals surface area contributed by atoms with Gasteiger partial charge in [-0.15, -0.1) is 0 Å². The number of carbonyl (C=O) groups is 1. The molecule has 1 aromatic carbocycles. The molecule has 0 unspecified atom stereocenters. The predicted octanol–water partition coefficient (Wildman–Crippen LogP) is 2.61. The lowest BCUT2D eigenvalue weighted by molar-refractivity contribution is 0.0985. The standard InChI is InChI=1S/C12H10FNO2/c1-8(15)11-7-14-12(16-11)6-9-3-2-4-10(13)5-9/h2-5,7H,6H2,1H3. The molecule has 0 aliphatic rings. The van der Waals surface area contributed by atoms with Crippen molar-refractivity contribution in [3.8, 4) is 0 Å². The summed E-state index contributed by atoms with van der Waals surface area (Å²) in [6, 6.07) is 6.19. The van der Waals surface area contributed by atoms with Crippen molar-refractivity contribution in [2.24, 2.45) is 0 Å². The molecule has 1 heterocycles. The van der Waals surface area contributed by atoms with Crippen molar-refractivity contribution in [1.82, 2.24) is 4.98 Å². The molecule has 0 atom stereocenters. The van der Waals surface area contributed by atoms with E-state index in [1.165, 1.54) is 25.3 Å². The Morgan fingerprint density at radius 2 is 2.31 bits per heavy atom. The Morgan fingerprint density at radius 1 is 1.50 bits per heavy atom. The van der Waals surface area contributed by atoms with E-state index in [9.17, 15) is 9.18 Å². The van der Waals surface area contributed by atoms with E-state index in [2.05, 4.69) is 4.98 Å². The summed E-state index contributed by atoms with van der Waals surface area (Å²) in [5, 5.41) is 0. The molecule has 0 saturated carbocycles. The Morgan fingerprint density at radius 3 is 2.94 bits per heavy atom. The van der Waals surface area contributed by atoms with Crippen LogP contribution in [0.15, 0.2) is 34.9 Å². The van der Waals surface area contributed by atoms with Crippen LogP contribution in [0.25, 0.3) is 0 Å². The molecule has 16 heavy (non-hydrogen) atoms. The summed E-state index contributed by atoms with van der Waals surface area (Å²) in [6.07, 6.45) is 1.77. The second-order valence-electron chi connectivity index (χ2n) is 3.48. The van der Waals surface area contributed by atoms with Crippen molar-refractivity contribution in [3.05, 3.63) is 53.5 Å². The minimum atomic E-state index is -0.296. The molecule has 0 saturated heterocycles. The van der Waals surface area contributed by atoms with Crippen LogP contribution < -0.4 is 0 Å². The van der Waals surface area contributed by atoms with Crippen molar-refractivity contribution in [2.45, 2.75) is 13.3 Å². The average Bonchev–Trinajstić information content (AvgIpc) is 2.66. The number of carbonyl (C=O) groups excluding carboxylic acids is 1. The quantitative estimate of drug-likeness (QED) is 0.745. The Balaban J connectivity index is 2.17. The van der Waals surface area contributed by atoms with E-state index in [1.807, 2.05) is 0 Å². The van der Waals surface area contributed by atoms with Gasteiger partial charge in [0.25, 0.3) is 0 Å². The van der Waals surface area contributed by atoms with Crippen LogP contribution in [0.4, 0.5) is 4.39 Å². The van der Waals surface area contributed by atoms with Crippen LogP contribution in [-0.2, 0) is 6.42 Å². The molecule has 82 valence electrons. The third kappa shape index (κ3) is 2.34. The highest BCUT2D eigenvalue weighted by molar-refractivity contribution is 5.90. The van der Waals surface area contributed by atoms with Crippen LogP contribution in [0.1, 0.15) is 28.9 Å². The van der Waals surface area contributed by atoms with Gasteiger partial charge in [-0.3, -0.25) is 4.79 Å². The number of benzene rings is 1. The van der Waals surface area contributed by atoms with Gasteiger partial charge in [-0.05, 0) is 17.7 Å². The highest BCUT2D eigenvalue weighted by Crippen LogP contribution is 2.11. The zero-order valence-electron chi connectivity index (χ0n) is 8.74. The first-order chi connectivity index (χ1) is 7.65. The molecule has 0 N–H and O–H groups in total. The van der Waals surface area contributed by atoms with Gasteiger partial charge < -0.3 is 4.42 Å². The normalized spacial score (nSPS) is 10.4. The molecule has 2 aromatic rings. The topological polar surface area (TPSA) is 43.1 Å². The molecule has 0 fully saturated rings. The largest absolute Gasteiger partial charge is 0.437 e. The summed E-state index contributed by atoms with van der Waals surface area (Å²) >= 11 is 0. The van der Waals surface area contributed by atoms with Gasteiger partial charge in [0.05, 0.1) is 6.20 Å². The number of oxazole rings is 1. The van der Waals surface area contributed by atoms with Crippen molar-refractivity contribution in [1.29, 1.82) is 0 Å². The molecule has 0 amide bonds. The van der Waals surface area contributed by atoms with Gasteiger partial charge in [0.2, 0.25) is 0 Å². The van der Waals surface area contributed by atoms with Gasteiger partial charge in [0.15, 0.2) is 17.4 Å². The second kappa shape index (κ2) is 4.26. The van der Waals surface area contributed by atoms with Gasteiger partial charge in [-0.1, -0.05) is 12.1 Å². The predicted molar refractivity (Wildman–Crippen MR) is 55.7 cm³/mol. The number of hydrogen-bond donors (Lipinski definition) is 0. The molecular weight excluding hydrogens is 209 g/mol. The highest BCUT2D eigenvalue weighted by Gasteiger charge is 2.08. The molecule has 0 spiro atoms. The number of Topliss-reactive ketones (excluding diaryl/α,β-unsaturated/α-hetero) is 1. The first-order valence-electron chi connectivity index (χ1n) is 4.85. The van der Waals surface area contributed by atoms with Crippen LogP contribution in [0.2, 0.25) is 0 Å². The summed E-state index contributed by atoms with van der Waals surface area (Å²) < 4.78 is 18.1. The fourth-order valence-corrected chi connectivity index (χ4v) is 1.38. The van der Waals surface area contributed by atoms with Gasteiger partial charge in [-0.2, -0.15) is 0 Å². The lowest BCUT2D eigenvalue weighted by atomic mass is 10.1. The molecule has 3 nitrogen and oxygen atoms in total. The first-order valence-corrected chi connectivity index (χ1v) is 4.85. The number of hydrogen-bond acceptors (Lipinski definition) is 3. The first kappa shape index (κ1) is 10.5. The molecular formula is C12H10FNO2. The molecule has 0 radical (unpaired) electrons. The van der Waals surface area contributed by atoms with E-state index in [4.69, 9.17) is 4.42 Å². The third-order valence-electron chi connectivity index (χ3n) is 2.14. The average molecular weight is 219 g/mol. The monoisotopic (exact) mass is 219 g/mol. The van der Waals surface area contributed by atoms with Crippen LogP contribution >= 0.6 is 0 Å². The van der Waals surface area contributed by atoms with E-state index in [1.54, 1.807) is 12.1 Å². The second-order valence-corrected chi connectivity index (χ2v) is 3.48. The zero-order chi connectivity index (χ0) is 11.5. The molecule has 0 bridgehead atoms. The highest BCUT2D eigenvalue weighted by atomic mass is 19.1. The van der Waals surface area contributed by atoms with Crippen molar-refractivity contribution >= 4 is 5.78 Å². The van der Waals surface area contributed by atoms with Crippen molar-refractivity contribution in [3.63, 3.8) is 0 Å². The fraction of sp³-hybridized carbons (Fsp3) is 0.167. The lowest BCUT2D eigenvalue weighted by Gasteiger charge is -1.96. The van der Waals surface area contributed by atoms with Crippen LogP contribution in [0.3, 0.4) is 0 Å². The Labute approximate surface area is 91.9 Å². The maximum Gasteiger partial charge on any atom is 0.199 e. The van der Waals surface area contributed by atoms with E-state index in [-0.39, 0.29) is 17.4 Å². The Hall–Kier alpha value is -1.97. The van der Waals surface area contributed by atoms with E-state index < -0.39 is 0 Å². The van der Waals surface area contributed by atoms with E-state index >= 15 is 0 Å². The summed E-state index contributed by atoms with van der Waals surface area (Å²) in [5.41, 5.74) is 0.761. The zero-order valence-corrected chi connectivity index (χ0v) is 8.74. The maximum absolute atomic E-state index is 12.9. The molecule has 4 heteroatoms. The summed E-state index contributed by atoms with van der Waals surface area (Å²) in [6.45, 7) is 1.41. The molecule has 2 rings (SSSR count). The maximum atomic E-state index is 12.9. The number of rotatable bonds is 3. The van der Waals surface area contributed by atoms with E-state index in [0.717, 1.165) is 5.56 Å². The molecule has 0 aliphatic heterocycles. The van der Waals surface area contributed by atoms with Crippen molar-refractivity contribution in [2.75, 3.05) is 0 Å². The number of nitrogens with zero attached hydrogens (tertiary/aromatic N) is 1. The summed E-state index contributed by atoms with van der Waals surface area (Å²) in [7, 11) is 0. The van der Waals surface area contributed by atoms with E-state index in [0.29, 0.717) is 12.3 Å². The van der Waals surface area contributed by atoms with Gasteiger partial charge in [0, 0.05) is 13.3 Å². The van der Waals surface area contributed by atoms with Gasteiger partial charge in [-0.25, -0.2) is 9.37 Å². The van der Waals surface area contributed by atoms with Gasteiger partial charge in [0.1, 0.15) is 5.82 Å². The Kier molecular flexibility index (Phi) is 2.81. The third-order valence-corrected chi connectivity index (χ3v) is 2.14. The molecule has 0 aliphatic carbocycles. The van der Waals surface area contributed by atoms with Crippen LogP contribution in [0, 0.1) is 5.82 Å². The summed E-state index contributed by atoms with van der Waals surface area (Å²) in [5.74, 6) is 0.177. The smallest absolute Gasteiger partial charge is 0.199 e. The van der Waals surface area contributed by atoms with Crippen LogP contribution in [0.5, 0.6) is 0 Å². The number of halogens is 1. The molecule has 1 aromatic heterocycles. The fourth-order valence-electron chi connectivity index (χ4n) is 1.38. The number of aromatic nitrogens is 1. The minimum Gasteiger partial charge on any atom is -0.437 e. The van der Waals surface area contributed by atoms with Crippen molar-refractivity contribution < 1.29 is 13.6 Å². The van der Waals surface area contributed by atoms with Crippen LogP contribution in [-0.4, -0.2) is 10.8 Å². The Bertz CT molecular complexity index is 519. The summed E-state index contributed by atoms with van der Waals surface area (Å²) in [4.78, 5) is 14.9. The SMILES string of the molecule is CC(=O)c1cnc(Cc2cccc(F)c2)o1. The van der Waals surface area contributed by atoms with Gasteiger partial charge >= 0.3 is 0 Å². The minimum absolute atomic E-state index is 0.169. The lowest BCUT2D eigenvalue weighted by Crippen LogP contribution is -1.89. The number of ketones is 1.